The number of pyridine rings is 2. The average Bonchev–Trinajstić information content (AvgIpc) is 2.59. The monoisotopic (exact) mass is 339 g/mol. The van der Waals surface area contributed by atoms with Crippen molar-refractivity contribution in [3.8, 4) is 0 Å². The van der Waals surface area contributed by atoms with Crippen molar-refractivity contribution in [2.24, 2.45) is 5.73 Å². The summed E-state index contributed by atoms with van der Waals surface area (Å²) in [6.07, 6.45) is 3.03. The second-order valence-corrected chi connectivity index (χ2v) is 5.37. The van der Waals surface area contributed by atoms with E-state index in [4.69, 9.17) is 17.3 Å². The minimum Gasteiger partial charge on any atom is -0.366 e. The van der Waals surface area contributed by atoms with Crippen LogP contribution in [0.25, 0.3) is 0 Å². The summed E-state index contributed by atoms with van der Waals surface area (Å²) >= 11 is 6.10. The fourth-order valence-electron chi connectivity index (χ4n) is 2.01. The normalized spacial score (nSPS) is 10.2. The van der Waals surface area contributed by atoms with Gasteiger partial charge in [-0.05, 0) is 30.3 Å². The summed E-state index contributed by atoms with van der Waals surface area (Å²) in [4.78, 5) is 19.5. The maximum Gasteiger partial charge on any atom is 0.250 e. The van der Waals surface area contributed by atoms with Crippen LogP contribution in [0.15, 0.2) is 60.9 Å². The van der Waals surface area contributed by atoms with Crippen LogP contribution in [0.5, 0.6) is 0 Å². The van der Waals surface area contributed by atoms with Crippen molar-refractivity contribution in [3.63, 3.8) is 0 Å². The van der Waals surface area contributed by atoms with Gasteiger partial charge in [0.2, 0.25) is 5.91 Å². The predicted molar refractivity (Wildman–Crippen MR) is 95.0 cm³/mol. The van der Waals surface area contributed by atoms with Gasteiger partial charge in [0.25, 0.3) is 0 Å². The van der Waals surface area contributed by atoms with E-state index in [0.717, 1.165) is 17.2 Å². The molecule has 1 amide bonds. The number of nitrogens with one attached hydrogen (secondary N) is 2. The Morgan fingerprint density at radius 2 is 1.75 bits per heavy atom. The van der Waals surface area contributed by atoms with Crippen LogP contribution in [0.2, 0.25) is 5.02 Å². The second kappa shape index (κ2) is 6.97. The molecule has 0 spiro atoms. The Balaban J connectivity index is 1.71. The summed E-state index contributed by atoms with van der Waals surface area (Å²) in [7, 11) is 0. The lowest BCUT2D eigenvalue weighted by atomic mass is 10.2. The van der Waals surface area contributed by atoms with E-state index in [2.05, 4.69) is 20.6 Å². The molecule has 0 atom stereocenters. The number of nitrogens with zero attached hydrogens (tertiary/aromatic N) is 2. The van der Waals surface area contributed by atoms with Crippen molar-refractivity contribution >= 4 is 40.5 Å². The van der Waals surface area contributed by atoms with Crippen molar-refractivity contribution in [3.05, 3.63) is 71.5 Å². The summed E-state index contributed by atoms with van der Waals surface area (Å²) in [6.45, 7) is 0. The minimum absolute atomic E-state index is 0.256. The summed E-state index contributed by atoms with van der Waals surface area (Å²) < 4.78 is 0. The number of amides is 1. The van der Waals surface area contributed by atoms with Gasteiger partial charge in [-0.1, -0.05) is 29.8 Å². The van der Waals surface area contributed by atoms with Crippen LogP contribution in [0.1, 0.15) is 10.4 Å². The fourth-order valence-corrected chi connectivity index (χ4v) is 2.23. The van der Waals surface area contributed by atoms with Crippen LogP contribution in [0.3, 0.4) is 0 Å². The minimum atomic E-state index is -0.575. The zero-order chi connectivity index (χ0) is 16.9. The van der Waals surface area contributed by atoms with Gasteiger partial charge in [0, 0.05) is 11.9 Å². The van der Waals surface area contributed by atoms with E-state index in [9.17, 15) is 4.79 Å². The van der Waals surface area contributed by atoms with Gasteiger partial charge in [-0.15, -0.1) is 0 Å². The number of primary amides is 1. The van der Waals surface area contributed by atoms with Gasteiger partial charge in [0.15, 0.2) is 0 Å². The van der Waals surface area contributed by atoms with E-state index in [1.807, 2.05) is 42.5 Å². The molecule has 0 radical (unpaired) electrons. The maximum atomic E-state index is 11.1. The number of hydrogen-bond acceptors (Lipinski definition) is 5. The quantitative estimate of drug-likeness (QED) is 0.658. The Morgan fingerprint density at radius 3 is 2.38 bits per heavy atom. The van der Waals surface area contributed by atoms with Gasteiger partial charge in [0.1, 0.15) is 11.6 Å². The lowest BCUT2D eigenvalue weighted by Gasteiger charge is -2.09. The molecule has 0 saturated heterocycles. The molecule has 1 aromatic carbocycles. The number of anilines is 4. The Kier molecular flexibility index (Phi) is 4.58. The van der Waals surface area contributed by atoms with E-state index in [-0.39, 0.29) is 5.56 Å². The Hall–Kier alpha value is -3.12. The van der Waals surface area contributed by atoms with Crippen molar-refractivity contribution in [1.29, 1.82) is 0 Å². The molecule has 0 bridgehead atoms. The summed E-state index contributed by atoms with van der Waals surface area (Å²) in [5, 5.41) is 6.54. The van der Waals surface area contributed by atoms with Crippen molar-refractivity contribution in [2.45, 2.75) is 0 Å². The van der Waals surface area contributed by atoms with Crippen molar-refractivity contribution in [1.82, 2.24) is 9.97 Å². The van der Waals surface area contributed by atoms with Crippen LogP contribution in [0, 0.1) is 0 Å². The summed E-state index contributed by atoms with van der Waals surface area (Å²) in [5.41, 5.74) is 7.12. The van der Waals surface area contributed by atoms with Crippen LogP contribution in [0.4, 0.5) is 23.0 Å². The fraction of sp³-hybridized carbons (Fsp3) is 0. The van der Waals surface area contributed by atoms with E-state index in [0.29, 0.717) is 10.8 Å². The lowest BCUT2D eigenvalue weighted by Crippen LogP contribution is -2.11. The van der Waals surface area contributed by atoms with Crippen LogP contribution in [-0.4, -0.2) is 15.9 Å². The van der Waals surface area contributed by atoms with Gasteiger partial charge in [-0.25, -0.2) is 9.97 Å². The predicted octanol–water partition coefficient (Wildman–Crippen LogP) is 3.72. The first-order chi connectivity index (χ1) is 11.6. The molecule has 3 aromatic rings. The maximum absolute atomic E-state index is 11.1. The van der Waals surface area contributed by atoms with Gasteiger partial charge < -0.3 is 16.4 Å². The molecule has 3 rings (SSSR count). The van der Waals surface area contributed by atoms with Crippen molar-refractivity contribution < 1.29 is 4.79 Å². The van der Waals surface area contributed by atoms with E-state index >= 15 is 0 Å². The Labute approximate surface area is 143 Å². The third kappa shape index (κ3) is 3.80. The Bertz CT molecular complexity index is 853. The molecular formula is C17H14ClN5O. The highest BCUT2D eigenvalue weighted by molar-refractivity contribution is 6.33. The number of halogens is 1. The first-order valence-electron chi connectivity index (χ1n) is 7.12. The van der Waals surface area contributed by atoms with Gasteiger partial charge in [0.05, 0.1) is 22.5 Å². The smallest absolute Gasteiger partial charge is 0.250 e. The molecule has 2 aromatic heterocycles. The first kappa shape index (κ1) is 15.8. The lowest BCUT2D eigenvalue weighted by molar-refractivity contribution is 0.1000. The summed E-state index contributed by atoms with van der Waals surface area (Å²) in [6, 6.07) is 14.9. The van der Waals surface area contributed by atoms with Crippen LogP contribution < -0.4 is 16.4 Å². The van der Waals surface area contributed by atoms with E-state index in [1.54, 1.807) is 6.20 Å². The standard InChI is InChI=1S/C17H14ClN5O/c18-14-8-11(16(19)24)9-21-17(14)23-13-6-7-15(20-10-13)22-12-4-2-1-3-5-12/h1-10H,(H2,19,24)(H,20,22)(H,21,23). The first-order valence-corrected chi connectivity index (χ1v) is 7.50. The number of hydrogen-bond donors (Lipinski definition) is 3. The number of benzene rings is 1. The molecule has 0 aliphatic rings. The molecule has 2 heterocycles. The SMILES string of the molecule is NC(=O)c1cnc(Nc2ccc(Nc3ccccc3)nc2)c(Cl)c1. The molecule has 24 heavy (non-hydrogen) atoms. The zero-order valence-electron chi connectivity index (χ0n) is 12.5. The topological polar surface area (TPSA) is 92.9 Å². The third-order valence-corrected chi connectivity index (χ3v) is 3.49. The molecule has 7 heteroatoms. The van der Waals surface area contributed by atoms with Gasteiger partial charge in [-0.2, -0.15) is 0 Å². The molecule has 4 N–H and O–H groups in total. The number of carbonyl (C=O) groups excluding carboxylic acids is 1. The number of rotatable bonds is 5. The number of carbonyl (C=O) groups is 1. The van der Waals surface area contributed by atoms with Crippen molar-refractivity contribution in [2.75, 3.05) is 10.6 Å². The molecule has 0 fully saturated rings. The Morgan fingerprint density at radius 1 is 0.958 bits per heavy atom. The van der Waals surface area contributed by atoms with Crippen LogP contribution >= 0.6 is 11.6 Å². The van der Waals surface area contributed by atoms with Gasteiger partial charge >= 0.3 is 0 Å². The number of para-hydroxylation sites is 1. The zero-order valence-corrected chi connectivity index (χ0v) is 13.3. The highest BCUT2D eigenvalue weighted by Crippen LogP contribution is 2.24. The molecule has 6 nitrogen and oxygen atoms in total. The molecular weight excluding hydrogens is 326 g/mol. The molecule has 0 aliphatic carbocycles. The highest BCUT2D eigenvalue weighted by Gasteiger charge is 2.07. The van der Waals surface area contributed by atoms with E-state index in [1.165, 1.54) is 12.3 Å². The molecule has 0 saturated carbocycles. The molecule has 120 valence electrons. The third-order valence-electron chi connectivity index (χ3n) is 3.20. The largest absolute Gasteiger partial charge is 0.366 e. The van der Waals surface area contributed by atoms with Gasteiger partial charge in [-0.3, -0.25) is 4.79 Å². The second-order valence-electron chi connectivity index (χ2n) is 4.97. The number of nitrogens with two attached hydrogens (primary N) is 1. The molecule has 0 unspecified atom stereocenters. The average molecular weight is 340 g/mol. The van der Waals surface area contributed by atoms with E-state index < -0.39 is 5.91 Å². The molecule has 0 aliphatic heterocycles. The number of aromatic nitrogens is 2. The summed E-state index contributed by atoms with van der Waals surface area (Å²) in [5.74, 6) is 0.566. The van der Waals surface area contributed by atoms with Crippen LogP contribution in [-0.2, 0) is 0 Å². The highest BCUT2D eigenvalue weighted by atomic mass is 35.5.